The average molecular weight is 259 g/mol. The van der Waals surface area contributed by atoms with Gasteiger partial charge in [0.05, 0.1) is 15.2 Å². The minimum absolute atomic E-state index is 0.234. The summed E-state index contributed by atoms with van der Waals surface area (Å²) < 4.78 is 13.9. The van der Waals surface area contributed by atoms with E-state index in [1.165, 1.54) is 23.5 Å². The lowest BCUT2D eigenvalue weighted by Crippen LogP contribution is -1.85. The van der Waals surface area contributed by atoms with Crippen LogP contribution in [0.5, 0.6) is 5.75 Å². The molecule has 90 valence electrons. The number of nitrogens with zero attached hydrogens (tertiary/aromatic N) is 1. The molecule has 3 rings (SSSR count). The molecule has 3 aromatic rings. The Morgan fingerprint density at radius 3 is 2.67 bits per heavy atom. The number of hydrogen-bond donors (Lipinski definition) is 1. The van der Waals surface area contributed by atoms with Crippen LogP contribution in [0.25, 0.3) is 10.2 Å². The number of aromatic hydroxyl groups is 1. The summed E-state index contributed by atoms with van der Waals surface area (Å²) in [6, 6.07) is 11.7. The number of thiazole rings is 1. The number of phenolic OH excluding ortho intramolecular Hbond substituents is 1. The van der Waals surface area contributed by atoms with Gasteiger partial charge in [-0.05, 0) is 35.9 Å². The average Bonchev–Trinajstić information content (AvgIpc) is 2.73. The van der Waals surface area contributed by atoms with Gasteiger partial charge in [0.1, 0.15) is 11.6 Å². The molecule has 2 aromatic carbocycles. The molecule has 1 heterocycles. The number of aromatic nitrogens is 1. The Balaban J connectivity index is 1.92. The normalized spacial score (nSPS) is 10.9. The SMILES string of the molecule is Oc1ccc(Cc2nc3ccc(F)cc3s2)cc1. The van der Waals surface area contributed by atoms with E-state index in [0.29, 0.717) is 6.42 Å². The maximum Gasteiger partial charge on any atom is 0.124 e. The van der Waals surface area contributed by atoms with E-state index in [0.717, 1.165) is 20.8 Å². The van der Waals surface area contributed by atoms with E-state index in [-0.39, 0.29) is 11.6 Å². The van der Waals surface area contributed by atoms with Gasteiger partial charge in [-0.25, -0.2) is 9.37 Å². The number of fused-ring (bicyclic) bond motifs is 1. The Morgan fingerprint density at radius 2 is 1.89 bits per heavy atom. The number of benzene rings is 2. The molecule has 2 nitrogen and oxygen atoms in total. The van der Waals surface area contributed by atoms with Crippen molar-refractivity contribution in [3.63, 3.8) is 0 Å². The summed E-state index contributed by atoms with van der Waals surface area (Å²) in [5.74, 6) is 0.0208. The van der Waals surface area contributed by atoms with Crippen molar-refractivity contribution in [3.8, 4) is 5.75 Å². The minimum Gasteiger partial charge on any atom is -0.508 e. The molecule has 4 heteroatoms. The maximum atomic E-state index is 13.1. The van der Waals surface area contributed by atoms with E-state index < -0.39 is 0 Å². The van der Waals surface area contributed by atoms with Gasteiger partial charge < -0.3 is 5.11 Å². The second-order valence-electron chi connectivity index (χ2n) is 4.06. The highest BCUT2D eigenvalue weighted by atomic mass is 32.1. The molecule has 1 aromatic heterocycles. The molecule has 0 aliphatic rings. The third kappa shape index (κ3) is 2.19. The molecule has 0 saturated heterocycles. The highest BCUT2D eigenvalue weighted by molar-refractivity contribution is 7.18. The van der Waals surface area contributed by atoms with Crippen molar-refractivity contribution in [3.05, 3.63) is 58.9 Å². The standard InChI is InChI=1S/C14H10FNOS/c15-10-3-6-12-13(8-10)18-14(16-12)7-9-1-4-11(17)5-2-9/h1-6,8,17H,7H2. The number of halogens is 1. The van der Waals surface area contributed by atoms with Crippen molar-refractivity contribution in [2.24, 2.45) is 0 Å². The molecule has 0 radical (unpaired) electrons. The molecule has 0 unspecified atom stereocenters. The second-order valence-corrected chi connectivity index (χ2v) is 5.18. The summed E-state index contributed by atoms with van der Waals surface area (Å²) in [5, 5.41) is 10.2. The van der Waals surface area contributed by atoms with Crippen molar-refractivity contribution < 1.29 is 9.50 Å². The molecule has 0 saturated carbocycles. The summed E-state index contributed by atoms with van der Waals surface area (Å²) in [6.07, 6.45) is 0.696. The number of hydrogen-bond acceptors (Lipinski definition) is 3. The topological polar surface area (TPSA) is 33.1 Å². The lowest BCUT2D eigenvalue weighted by molar-refractivity contribution is 0.475. The van der Waals surface area contributed by atoms with Crippen LogP contribution in [0.4, 0.5) is 4.39 Å². The lowest BCUT2D eigenvalue weighted by Gasteiger charge is -1.97. The fourth-order valence-electron chi connectivity index (χ4n) is 1.81. The highest BCUT2D eigenvalue weighted by Gasteiger charge is 2.05. The Bertz CT molecular complexity index is 691. The first-order valence-corrected chi connectivity index (χ1v) is 6.35. The van der Waals surface area contributed by atoms with E-state index in [4.69, 9.17) is 0 Å². The van der Waals surface area contributed by atoms with Crippen molar-refractivity contribution in [1.82, 2.24) is 4.98 Å². The molecular formula is C14H10FNOS. The Kier molecular flexibility index (Phi) is 2.72. The first-order chi connectivity index (χ1) is 8.70. The van der Waals surface area contributed by atoms with E-state index in [1.807, 2.05) is 12.1 Å². The lowest BCUT2D eigenvalue weighted by atomic mass is 10.1. The highest BCUT2D eigenvalue weighted by Crippen LogP contribution is 2.25. The number of phenols is 1. The largest absolute Gasteiger partial charge is 0.508 e. The molecule has 0 amide bonds. The first kappa shape index (κ1) is 11.2. The Labute approximate surface area is 107 Å². The zero-order valence-electron chi connectivity index (χ0n) is 9.43. The third-order valence-corrected chi connectivity index (χ3v) is 3.70. The molecule has 0 atom stereocenters. The van der Waals surface area contributed by atoms with E-state index >= 15 is 0 Å². The van der Waals surface area contributed by atoms with Crippen LogP contribution in [0.3, 0.4) is 0 Å². The fourth-order valence-corrected chi connectivity index (χ4v) is 2.84. The van der Waals surface area contributed by atoms with Crippen LogP contribution in [0.1, 0.15) is 10.6 Å². The zero-order chi connectivity index (χ0) is 12.5. The van der Waals surface area contributed by atoms with Gasteiger partial charge in [0.25, 0.3) is 0 Å². The third-order valence-electron chi connectivity index (χ3n) is 2.69. The van der Waals surface area contributed by atoms with Crippen LogP contribution in [-0.2, 0) is 6.42 Å². The second kappa shape index (κ2) is 4.38. The molecule has 18 heavy (non-hydrogen) atoms. The molecule has 0 spiro atoms. The number of rotatable bonds is 2. The predicted molar refractivity (Wildman–Crippen MR) is 70.5 cm³/mol. The van der Waals surface area contributed by atoms with Crippen LogP contribution in [0, 0.1) is 5.82 Å². The predicted octanol–water partition coefficient (Wildman–Crippen LogP) is 3.73. The Morgan fingerprint density at radius 1 is 1.11 bits per heavy atom. The van der Waals surface area contributed by atoms with E-state index in [9.17, 15) is 9.50 Å². The van der Waals surface area contributed by atoms with Crippen molar-refractivity contribution in [1.29, 1.82) is 0 Å². The van der Waals surface area contributed by atoms with Gasteiger partial charge in [-0.15, -0.1) is 11.3 Å². The summed E-state index contributed by atoms with van der Waals surface area (Å²) in [5.41, 5.74) is 1.91. The van der Waals surface area contributed by atoms with Gasteiger partial charge in [0.15, 0.2) is 0 Å². The molecule has 0 aliphatic carbocycles. The molecule has 0 fully saturated rings. The molecule has 0 aliphatic heterocycles. The summed E-state index contributed by atoms with van der Waals surface area (Å²) in [7, 11) is 0. The van der Waals surface area contributed by atoms with Gasteiger partial charge in [-0.1, -0.05) is 12.1 Å². The van der Waals surface area contributed by atoms with Gasteiger partial charge in [-0.2, -0.15) is 0 Å². The van der Waals surface area contributed by atoms with Crippen LogP contribution >= 0.6 is 11.3 Å². The fraction of sp³-hybridized carbons (Fsp3) is 0.0714. The zero-order valence-corrected chi connectivity index (χ0v) is 10.2. The smallest absolute Gasteiger partial charge is 0.124 e. The summed E-state index contributed by atoms with van der Waals surface area (Å²) in [4.78, 5) is 4.46. The molecule has 1 N–H and O–H groups in total. The van der Waals surface area contributed by atoms with Gasteiger partial charge in [0, 0.05) is 6.42 Å². The van der Waals surface area contributed by atoms with Crippen molar-refractivity contribution in [2.75, 3.05) is 0 Å². The van der Waals surface area contributed by atoms with Crippen LogP contribution in [-0.4, -0.2) is 10.1 Å². The molecular weight excluding hydrogens is 249 g/mol. The Hall–Kier alpha value is -1.94. The van der Waals surface area contributed by atoms with Gasteiger partial charge in [0.2, 0.25) is 0 Å². The van der Waals surface area contributed by atoms with Crippen molar-refractivity contribution >= 4 is 21.6 Å². The maximum absolute atomic E-state index is 13.1. The molecule has 0 bridgehead atoms. The van der Waals surface area contributed by atoms with E-state index in [2.05, 4.69) is 4.98 Å². The van der Waals surface area contributed by atoms with Crippen LogP contribution < -0.4 is 0 Å². The van der Waals surface area contributed by atoms with Gasteiger partial charge in [-0.3, -0.25) is 0 Å². The minimum atomic E-state index is -0.234. The van der Waals surface area contributed by atoms with Crippen molar-refractivity contribution in [2.45, 2.75) is 6.42 Å². The first-order valence-electron chi connectivity index (χ1n) is 5.53. The van der Waals surface area contributed by atoms with Crippen LogP contribution in [0.15, 0.2) is 42.5 Å². The monoisotopic (exact) mass is 259 g/mol. The van der Waals surface area contributed by atoms with Gasteiger partial charge >= 0.3 is 0 Å². The summed E-state index contributed by atoms with van der Waals surface area (Å²) in [6.45, 7) is 0. The van der Waals surface area contributed by atoms with Crippen LogP contribution in [0.2, 0.25) is 0 Å². The summed E-state index contributed by atoms with van der Waals surface area (Å²) >= 11 is 1.50. The quantitative estimate of drug-likeness (QED) is 0.760. The van der Waals surface area contributed by atoms with E-state index in [1.54, 1.807) is 18.2 Å².